The summed E-state index contributed by atoms with van der Waals surface area (Å²) in [7, 11) is 0. The van der Waals surface area contributed by atoms with E-state index in [2.05, 4.69) is 0 Å². The molecule has 1 aliphatic carbocycles. The van der Waals surface area contributed by atoms with Crippen molar-refractivity contribution in [2.45, 2.75) is 44.7 Å². The van der Waals surface area contributed by atoms with E-state index in [1.165, 1.54) is 24.3 Å². The van der Waals surface area contributed by atoms with Gasteiger partial charge < -0.3 is 30.3 Å². The molecule has 0 aromatic heterocycles. The molecular weight excluding hydrogens is 428 g/mol. The molecule has 8 nitrogen and oxygen atoms in total. The van der Waals surface area contributed by atoms with Crippen LogP contribution in [0, 0.1) is 6.92 Å². The minimum atomic E-state index is -1.08. The Morgan fingerprint density at radius 3 is 2.24 bits per heavy atom. The molecule has 1 unspecified atom stereocenters. The highest BCUT2D eigenvalue weighted by atomic mass is 16.5. The van der Waals surface area contributed by atoms with Gasteiger partial charge in [-0.3, -0.25) is 9.59 Å². The van der Waals surface area contributed by atoms with E-state index >= 15 is 0 Å². The molecule has 5 N–H and O–H groups in total. The van der Waals surface area contributed by atoms with Gasteiger partial charge in [-0.25, -0.2) is 0 Å². The van der Waals surface area contributed by atoms with E-state index in [4.69, 9.17) is 4.74 Å². The number of aromatic hydroxyl groups is 3. The van der Waals surface area contributed by atoms with Crippen molar-refractivity contribution in [3.05, 3.63) is 63.7 Å². The average Bonchev–Trinajstić information content (AvgIpc) is 2.75. The number of carbonyl (C=O) groups excluding carboxylic acids is 2. The van der Waals surface area contributed by atoms with Crippen LogP contribution in [0.5, 0.6) is 17.2 Å². The van der Waals surface area contributed by atoms with E-state index in [0.717, 1.165) is 0 Å². The van der Waals surface area contributed by atoms with Crippen LogP contribution in [0.2, 0.25) is 0 Å². The first kappa shape index (κ1) is 21.4. The first-order valence-electron chi connectivity index (χ1n) is 10.6. The fourth-order valence-corrected chi connectivity index (χ4v) is 4.84. The number of aliphatic hydroxyl groups is 2. The van der Waals surface area contributed by atoms with E-state index < -0.39 is 47.5 Å². The number of fused-ring (bicyclic) bond motifs is 3. The van der Waals surface area contributed by atoms with Gasteiger partial charge in [-0.15, -0.1) is 0 Å². The van der Waals surface area contributed by atoms with Crippen molar-refractivity contribution in [3.63, 3.8) is 0 Å². The molecule has 0 saturated carbocycles. The van der Waals surface area contributed by atoms with Gasteiger partial charge in [0, 0.05) is 33.9 Å². The van der Waals surface area contributed by atoms with Gasteiger partial charge in [0.25, 0.3) is 0 Å². The summed E-state index contributed by atoms with van der Waals surface area (Å²) in [5.74, 6) is -2.32. The molecule has 1 heterocycles. The fourth-order valence-electron chi connectivity index (χ4n) is 4.84. The number of rotatable bonds is 1. The molecule has 2 aliphatic rings. The summed E-state index contributed by atoms with van der Waals surface area (Å²) in [5, 5.41) is 52.7. The molecule has 1 aliphatic heterocycles. The minimum Gasteiger partial charge on any atom is -0.507 e. The van der Waals surface area contributed by atoms with Crippen molar-refractivity contribution >= 4 is 22.3 Å². The lowest BCUT2D eigenvalue weighted by molar-refractivity contribution is -0.163. The Bertz CT molecular complexity index is 1350. The van der Waals surface area contributed by atoms with Gasteiger partial charge in [0.05, 0.1) is 29.4 Å². The van der Waals surface area contributed by atoms with Crippen LogP contribution in [0.4, 0.5) is 0 Å². The predicted octanol–water partition coefficient (Wildman–Crippen LogP) is 2.61. The number of ether oxygens (including phenoxy) is 1. The number of aryl methyl sites for hydroxylation is 1. The summed E-state index contributed by atoms with van der Waals surface area (Å²) in [6.07, 6.45) is -3.67. The molecule has 0 bridgehead atoms. The number of ketones is 2. The molecule has 1 fully saturated rings. The molecule has 5 rings (SSSR count). The number of hydrogen-bond acceptors (Lipinski definition) is 8. The molecule has 8 heteroatoms. The summed E-state index contributed by atoms with van der Waals surface area (Å²) >= 11 is 0. The molecule has 0 amide bonds. The molecule has 4 atom stereocenters. The highest BCUT2D eigenvalue weighted by Gasteiger charge is 2.40. The van der Waals surface area contributed by atoms with Crippen LogP contribution in [0.15, 0.2) is 30.3 Å². The zero-order valence-corrected chi connectivity index (χ0v) is 17.9. The molecule has 33 heavy (non-hydrogen) atoms. The van der Waals surface area contributed by atoms with Crippen molar-refractivity contribution in [3.8, 4) is 17.2 Å². The summed E-state index contributed by atoms with van der Waals surface area (Å²) in [6.45, 7) is 3.31. The van der Waals surface area contributed by atoms with E-state index in [9.17, 15) is 35.1 Å². The van der Waals surface area contributed by atoms with Gasteiger partial charge in [0.2, 0.25) is 0 Å². The van der Waals surface area contributed by atoms with E-state index in [1.807, 2.05) is 0 Å². The molecule has 0 spiro atoms. The Morgan fingerprint density at radius 2 is 1.55 bits per heavy atom. The Hall–Kier alpha value is -3.46. The third kappa shape index (κ3) is 3.02. The number of phenolic OH excluding ortho intramolecular Hbond substituents is 3. The van der Waals surface area contributed by atoms with Crippen LogP contribution < -0.4 is 0 Å². The van der Waals surface area contributed by atoms with Crippen molar-refractivity contribution in [2.24, 2.45) is 0 Å². The SMILES string of the molecule is Cc1cc(O)c2cc3c(c(O)c2c1)C(=O)c1ccc([C@H]2C[C@@H](O)[C@H](O)C(C)O2)c(O)c1C3=O. The fraction of sp³-hybridized carbons (Fsp3) is 0.280. The minimum absolute atomic E-state index is 0.00474. The second-order valence-electron chi connectivity index (χ2n) is 8.73. The normalized spacial score (nSPS) is 24.6. The summed E-state index contributed by atoms with van der Waals surface area (Å²) in [4.78, 5) is 26.7. The third-order valence-corrected chi connectivity index (χ3v) is 6.56. The van der Waals surface area contributed by atoms with Gasteiger partial charge in [-0.2, -0.15) is 0 Å². The van der Waals surface area contributed by atoms with Crippen molar-refractivity contribution in [1.82, 2.24) is 0 Å². The highest BCUT2D eigenvalue weighted by molar-refractivity contribution is 6.32. The largest absolute Gasteiger partial charge is 0.507 e. The van der Waals surface area contributed by atoms with Crippen LogP contribution in [0.1, 0.15) is 62.4 Å². The van der Waals surface area contributed by atoms with Crippen LogP contribution >= 0.6 is 0 Å². The molecule has 1 saturated heterocycles. The van der Waals surface area contributed by atoms with Crippen LogP contribution in [-0.4, -0.2) is 55.4 Å². The van der Waals surface area contributed by atoms with Gasteiger partial charge in [-0.05, 0) is 43.7 Å². The van der Waals surface area contributed by atoms with Gasteiger partial charge in [0.1, 0.15) is 23.4 Å². The maximum atomic E-state index is 13.4. The van der Waals surface area contributed by atoms with Crippen molar-refractivity contribution in [1.29, 1.82) is 0 Å². The maximum absolute atomic E-state index is 13.4. The Kier molecular flexibility index (Phi) is 4.72. The monoisotopic (exact) mass is 450 g/mol. The lowest BCUT2D eigenvalue weighted by Gasteiger charge is -2.36. The molecule has 3 aromatic carbocycles. The Morgan fingerprint density at radius 1 is 0.879 bits per heavy atom. The topological polar surface area (TPSA) is 145 Å². The smallest absolute Gasteiger partial charge is 0.198 e. The van der Waals surface area contributed by atoms with Gasteiger partial charge in [0.15, 0.2) is 11.6 Å². The number of carbonyl (C=O) groups is 2. The predicted molar refractivity (Wildman–Crippen MR) is 117 cm³/mol. The number of aliphatic hydroxyl groups excluding tert-OH is 2. The molecule has 0 radical (unpaired) electrons. The van der Waals surface area contributed by atoms with E-state index in [1.54, 1.807) is 19.9 Å². The van der Waals surface area contributed by atoms with Gasteiger partial charge >= 0.3 is 0 Å². The Labute approximate surface area is 188 Å². The van der Waals surface area contributed by atoms with Crippen LogP contribution in [0.25, 0.3) is 10.8 Å². The zero-order valence-electron chi connectivity index (χ0n) is 17.9. The number of hydrogen-bond donors (Lipinski definition) is 5. The average molecular weight is 450 g/mol. The van der Waals surface area contributed by atoms with E-state index in [0.29, 0.717) is 5.56 Å². The summed E-state index contributed by atoms with van der Waals surface area (Å²) in [5.41, 5.74) is 0.272. The number of phenols is 3. The van der Waals surface area contributed by atoms with Crippen molar-refractivity contribution in [2.75, 3.05) is 0 Å². The maximum Gasteiger partial charge on any atom is 0.198 e. The second kappa shape index (κ2) is 7.28. The van der Waals surface area contributed by atoms with E-state index in [-0.39, 0.29) is 50.8 Å². The van der Waals surface area contributed by atoms with Crippen LogP contribution in [-0.2, 0) is 4.74 Å². The third-order valence-electron chi connectivity index (χ3n) is 6.56. The van der Waals surface area contributed by atoms with Gasteiger partial charge in [-0.1, -0.05) is 6.07 Å². The molecular formula is C25H22O8. The summed E-state index contributed by atoms with van der Waals surface area (Å²) in [6, 6.07) is 7.26. The first-order chi connectivity index (χ1) is 15.6. The number of benzene rings is 3. The molecule has 170 valence electrons. The van der Waals surface area contributed by atoms with Crippen LogP contribution in [0.3, 0.4) is 0 Å². The lowest BCUT2D eigenvalue weighted by atomic mass is 9.79. The lowest BCUT2D eigenvalue weighted by Crippen LogP contribution is -2.44. The molecule has 3 aromatic rings. The Balaban J connectivity index is 1.68. The first-order valence-corrected chi connectivity index (χ1v) is 10.6. The van der Waals surface area contributed by atoms with Crippen molar-refractivity contribution < 1.29 is 39.9 Å². The zero-order chi connectivity index (χ0) is 23.8. The summed E-state index contributed by atoms with van der Waals surface area (Å²) < 4.78 is 5.72. The standard InChI is InChI=1S/C25H22O8/c1-9-5-14-13(16(26)6-9)7-15-20(24(14)31)23(30)12-4-3-11(22(29)19(12)25(15)32)18-8-17(27)21(28)10(2)33-18/h3-7,10,17-18,21,26-29,31H,8H2,1-2H3/t10?,17-,18-,21-/m1/s1. The quantitative estimate of drug-likeness (QED) is 0.298. The second-order valence-corrected chi connectivity index (χ2v) is 8.73. The highest BCUT2D eigenvalue weighted by Crippen LogP contribution is 2.45.